The Bertz CT molecular complexity index is 436. The van der Waals surface area contributed by atoms with E-state index >= 15 is 0 Å². The largest absolute Gasteiger partial charge is 0.376 e. The molecule has 0 aliphatic carbocycles. The minimum absolute atomic E-state index is 0.515. The topological polar surface area (TPSA) is 45.0 Å². The van der Waals surface area contributed by atoms with Crippen molar-refractivity contribution in [1.82, 2.24) is 5.32 Å². The number of rotatable bonds is 4. The molecule has 1 aromatic carbocycles. The van der Waals surface area contributed by atoms with Crippen LogP contribution in [-0.2, 0) is 11.3 Å². The van der Waals surface area contributed by atoms with Crippen LogP contribution >= 0.6 is 11.6 Å². The van der Waals surface area contributed by atoms with E-state index in [1.807, 2.05) is 6.07 Å². The van der Waals surface area contributed by atoms with Gasteiger partial charge in [0.05, 0.1) is 24.8 Å². The number of nitrogens with one attached hydrogen (secondary N) is 1. The maximum Gasteiger partial charge on any atom is 0.0992 e. The Morgan fingerprint density at radius 1 is 1.50 bits per heavy atom. The van der Waals surface area contributed by atoms with Crippen molar-refractivity contribution in [2.24, 2.45) is 5.92 Å². The van der Waals surface area contributed by atoms with Crippen LogP contribution in [0, 0.1) is 17.2 Å². The van der Waals surface area contributed by atoms with Crippen molar-refractivity contribution in [3.8, 4) is 6.07 Å². The second-order valence-electron chi connectivity index (χ2n) is 4.65. The number of piperidine rings is 1. The van der Waals surface area contributed by atoms with Crippen molar-refractivity contribution in [3.05, 3.63) is 34.3 Å². The van der Waals surface area contributed by atoms with Crippen LogP contribution in [0.2, 0.25) is 5.02 Å². The van der Waals surface area contributed by atoms with Crippen LogP contribution in [0.3, 0.4) is 0 Å². The number of ether oxygens (including phenoxy) is 1. The van der Waals surface area contributed by atoms with Crippen LogP contribution in [0.5, 0.6) is 0 Å². The van der Waals surface area contributed by atoms with Gasteiger partial charge in [-0.05, 0) is 43.0 Å². The summed E-state index contributed by atoms with van der Waals surface area (Å²) in [6, 6.07) is 7.38. The number of nitriles is 1. The molecule has 1 unspecified atom stereocenters. The Hall–Kier alpha value is -1.08. The van der Waals surface area contributed by atoms with Gasteiger partial charge in [-0.15, -0.1) is 0 Å². The molecule has 2 rings (SSSR count). The van der Waals surface area contributed by atoms with Crippen LogP contribution in [0.15, 0.2) is 18.2 Å². The van der Waals surface area contributed by atoms with Crippen molar-refractivity contribution in [1.29, 1.82) is 5.26 Å². The van der Waals surface area contributed by atoms with Gasteiger partial charge in [0.1, 0.15) is 0 Å². The first-order chi connectivity index (χ1) is 8.79. The second-order valence-corrected chi connectivity index (χ2v) is 5.05. The Balaban J connectivity index is 1.81. The van der Waals surface area contributed by atoms with Crippen molar-refractivity contribution >= 4 is 11.6 Å². The Morgan fingerprint density at radius 2 is 2.39 bits per heavy atom. The number of halogens is 1. The fourth-order valence-corrected chi connectivity index (χ4v) is 2.37. The summed E-state index contributed by atoms with van der Waals surface area (Å²) in [7, 11) is 0. The van der Waals surface area contributed by atoms with Gasteiger partial charge < -0.3 is 10.1 Å². The monoisotopic (exact) mass is 264 g/mol. The third-order valence-corrected chi connectivity index (χ3v) is 3.54. The van der Waals surface area contributed by atoms with Gasteiger partial charge in [-0.2, -0.15) is 5.26 Å². The number of nitrogens with zero attached hydrogens (tertiary/aromatic N) is 1. The minimum atomic E-state index is 0.515. The second kappa shape index (κ2) is 6.75. The van der Waals surface area contributed by atoms with E-state index in [0.29, 0.717) is 23.1 Å². The fourth-order valence-electron chi connectivity index (χ4n) is 2.14. The highest BCUT2D eigenvalue weighted by atomic mass is 35.5. The Labute approximate surface area is 113 Å². The van der Waals surface area contributed by atoms with Crippen LogP contribution in [0.4, 0.5) is 0 Å². The summed E-state index contributed by atoms with van der Waals surface area (Å²) in [6.07, 6.45) is 2.46. The van der Waals surface area contributed by atoms with Crippen molar-refractivity contribution in [2.45, 2.75) is 19.4 Å². The lowest BCUT2D eigenvalue weighted by Crippen LogP contribution is -2.32. The van der Waals surface area contributed by atoms with Crippen LogP contribution in [-0.4, -0.2) is 19.7 Å². The molecule has 0 bridgehead atoms. The number of hydrogen-bond donors (Lipinski definition) is 1. The van der Waals surface area contributed by atoms with Gasteiger partial charge in [0, 0.05) is 11.6 Å². The van der Waals surface area contributed by atoms with Crippen molar-refractivity contribution < 1.29 is 4.74 Å². The van der Waals surface area contributed by atoms with E-state index in [1.54, 1.807) is 12.1 Å². The highest BCUT2D eigenvalue weighted by Gasteiger charge is 2.13. The first-order valence-corrected chi connectivity index (χ1v) is 6.64. The molecule has 0 amide bonds. The zero-order valence-electron chi connectivity index (χ0n) is 10.3. The summed E-state index contributed by atoms with van der Waals surface area (Å²) in [5.74, 6) is 0.607. The Kier molecular flexibility index (Phi) is 5.00. The average Bonchev–Trinajstić information content (AvgIpc) is 2.42. The lowest BCUT2D eigenvalue weighted by atomic mass is 10.0. The molecule has 0 saturated carbocycles. The molecule has 1 fully saturated rings. The quantitative estimate of drug-likeness (QED) is 0.910. The van der Waals surface area contributed by atoms with Gasteiger partial charge in [-0.25, -0.2) is 0 Å². The van der Waals surface area contributed by atoms with Crippen LogP contribution in [0.1, 0.15) is 24.0 Å². The van der Waals surface area contributed by atoms with Crippen molar-refractivity contribution in [2.75, 3.05) is 19.7 Å². The SMILES string of the molecule is N#Cc1ccc(COCC2CCCNC2)c(Cl)c1. The minimum Gasteiger partial charge on any atom is -0.376 e. The first-order valence-electron chi connectivity index (χ1n) is 6.26. The fraction of sp³-hybridized carbons (Fsp3) is 0.500. The summed E-state index contributed by atoms with van der Waals surface area (Å²) in [4.78, 5) is 0. The lowest BCUT2D eigenvalue weighted by molar-refractivity contribution is 0.0783. The molecule has 0 spiro atoms. The predicted molar refractivity (Wildman–Crippen MR) is 71.4 cm³/mol. The molecular formula is C14H17ClN2O. The van der Waals surface area contributed by atoms with Gasteiger partial charge in [0.15, 0.2) is 0 Å². The molecule has 1 N–H and O–H groups in total. The molecule has 1 heterocycles. The third kappa shape index (κ3) is 3.71. The van der Waals surface area contributed by atoms with Crippen LogP contribution in [0.25, 0.3) is 0 Å². The number of hydrogen-bond acceptors (Lipinski definition) is 3. The van der Waals surface area contributed by atoms with E-state index < -0.39 is 0 Å². The highest BCUT2D eigenvalue weighted by Crippen LogP contribution is 2.19. The van der Waals surface area contributed by atoms with Crippen molar-refractivity contribution in [3.63, 3.8) is 0 Å². The molecule has 4 heteroatoms. The van der Waals surface area contributed by atoms with E-state index in [-0.39, 0.29) is 0 Å². The standard InChI is InChI=1S/C14H17ClN2O/c15-14-6-11(7-16)3-4-13(14)10-18-9-12-2-1-5-17-8-12/h3-4,6,12,17H,1-2,5,8-10H2. The van der Waals surface area contributed by atoms with E-state index in [4.69, 9.17) is 21.6 Å². The Morgan fingerprint density at radius 3 is 3.06 bits per heavy atom. The molecule has 1 aromatic rings. The maximum absolute atomic E-state index is 8.75. The maximum atomic E-state index is 8.75. The molecular weight excluding hydrogens is 248 g/mol. The molecule has 3 nitrogen and oxygen atoms in total. The average molecular weight is 265 g/mol. The summed E-state index contributed by atoms with van der Waals surface area (Å²) < 4.78 is 5.71. The van der Waals surface area contributed by atoms with Crippen LogP contribution < -0.4 is 5.32 Å². The summed E-state index contributed by atoms with van der Waals surface area (Å²) in [5.41, 5.74) is 1.53. The van der Waals surface area contributed by atoms with E-state index in [9.17, 15) is 0 Å². The van der Waals surface area contributed by atoms with Gasteiger partial charge in [0.25, 0.3) is 0 Å². The zero-order chi connectivity index (χ0) is 12.8. The third-order valence-electron chi connectivity index (χ3n) is 3.19. The summed E-state index contributed by atoms with van der Waals surface area (Å²) in [6.45, 7) is 3.45. The van der Waals surface area contributed by atoms with Gasteiger partial charge in [-0.3, -0.25) is 0 Å². The van der Waals surface area contributed by atoms with Gasteiger partial charge in [0.2, 0.25) is 0 Å². The molecule has 1 saturated heterocycles. The molecule has 1 atom stereocenters. The normalized spacial score (nSPS) is 19.4. The first kappa shape index (κ1) is 13.4. The van der Waals surface area contributed by atoms with Gasteiger partial charge in [-0.1, -0.05) is 17.7 Å². The van der Waals surface area contributed by atoms with E-state index in [2.05, 4.69) is 11.4 Å². The van der Waals surface area contributed by atoms with E-state index in [0.717, 1.165) is 25.3 Å². The molecule has 18 heavy (non-hydrogen) atoms. The molecule has 0 aromatic heterocycles. The molecule has 1 aliphatic rings. The molecule has 1 aliphatic heterocycles. The van der Waals surface area contributed by atoms with E-state index in [1.165, 1.54) is 12.8 Å². The highest BCUT2D eigenvalue weighted by molar-refractivity contribution is 6.31. The predicted octanol–water partition coefficient (Wildman–Crippen LogP) is 2.73. The lowest BCUT2D eigenvalue weighted by Gasteiger charge is -2.22. The van der Waals surface area contributed by atoms with Gasteiger partial charge >= 0.3 is 0 Å². The zero-order valence-corrected chi connectivity index (χ0v) is 11.0. The number of benzene rings is 1. The molecule has 0 radical (unpaired) electrons. The summed E-state index contributed by atoms with van der Waals surface area (Å²) >= 11 is 6.09. The smallest absolute Gasteiger partial charge is 0.0992 e. The molecule has 96 valence electrons. The summed E-state index contributed by atoms with van der Waals surface area (Å²) in [5, 5.41) is 12.7.